The van der Waals surface area contributed by atoms with E-state index < -0.39 is 44.9 Å². The second-order valence-corrected chi connectivity index (χ2v) is 10.6. The molecule has 1 aliphatic carbocycles. The van der Waals surface area contributed by atoms with Crippen LogP contribution < -0.4 is 15.4 Å². The number of benzene rings is 1. The van der Waals surface area contributed by atoms with Crippen LogP contribution in [0.1, 0.15) is 31.7 Å². The standard InChI is InChI=1S/C23H28F3N3O5S/c1-3-4-11-28-21(30)16-7-10-20-19(12-16)29(22(31)18(27-2)14-35(20,32)33)13-15-5-8-17(9-6-15)34-23(24,25)26/h5-9,12,18,20,27H,3-4,10-11,13-14H2,1-2H3,(H,28,30)/t18-,20?/m0/s1. The predicted molar refractivity (Wildman–Crippen MR) is 123 cm³/mol. The van der Waals surface area contributed by atoms with Gasteiger partial charge in [-0.15, -0.1) is 13.2 Å². The molecule has 12 heteroatoms. The number of allylic oxidation sites excluding steroid dienone is 1. The Morgan fingerprint density at radius 1 is 1.23 bits per heavy atom. The van der Waals surface area contributed by atoms with E-state index in [0.29, 0.717) is 12.1 Å². The normalized spacial score (nSPS) is 22.0. The number of hydrogen-bond donors (Lipinski definition) is 2. The van der Waals surface area contributed by atoms with Gasteiger partial charge in [0.05, 0.1) is 12.3 Å². The van der Waals surface area contributed by atoms with E-state index in [-0.39, 0.29) is 30.1 Å². The largest absolute Gasteiger partial charge is 0.573 e. The van der Waals surface area contributed by atoms with Gasteiger partial charge in [-0.2, -0.15) is 0 Å². The molecular formula is C23H28F3N3O5S. The highest BCUT2D eigenvalue weighted by molar-refractivity contribution is 7.92. The van der Waals surface area contributed by atoms with Gasteiger partial charge in [-0.3, -0.25) is 9.59 Å². The highest BCUT2D eigenvalue weighted by Crippen LogP contribution is 2.33. The highest BCUT2D eigenvalue weighted by Gasteiger charge is 2.43. The van der Waals surface area contributed by atoms with Crippen molar-refractivity contribution in [2.75, 3.05) is 19.3 Å². The summed E-state index contributed by atoms with van der Waals surface area (Å²) in [6, 6.07) is 3.97. The van der Waals surface area contributed by atoms with Crippen molar-refractivity contribution < 1.29 is 35.9 Å². The van der Waals surface area contributed by atoms with Gasteiger partial charge in [0.25, 0.3) is 5.91 Å². The molecule has 192 valence electrons. The summed E-state index contributed by atoms with van der Waals surface area (Å²) in [6.07, 6.45) is -0.153. The van der Waals surface area contributed by atoms with Crippen LogP contribution in [0.5, 0.6) is 5.75 Å². The molecule has 2 atom stereocenters. The summed E-state index contributed by atoms with van der Waals surface area (Å²) in [6.45, 7) is 2.36. The number of hydrogen-bond acceptors (Lipinski definition) is 6. The summed E-state index contributed by atoms with van der Waals surface area (Å²) in [5, 5.41) is 4.50. The maximum absolute atomic E-state index is 13.3. The Morgan fingerprint density at radius 3 is 2.51 bits per heavy atom. The van der Waals surface area contributed by atoms with Gasteiger partial charge in [-0.1, -0.05) is 31.6 Å². The van der Waals surface area contributed by atoms with Crippen LogP contribution >= 0.6 is 0 Å². The smallest absolute Gasteiger partial charge is 0.406 e. The monoisotopic (exact) mass is 515 g/mol. The maximum Gasteiger partial charge on any atom is 0.573 e. The van der Waals surface area contributed by atoms with Crippen molar-refractivity contribution in [3.63, 3.8) is 0 Å². The van der Waals surface area contributed by atoms with Crippen molar-refractivity contribution in [1.82, 2.24) is 15.5 Å². The van der Waals surface area contributed by atoms with Crippen LogP contribution in [0.3, 0.4) is 0 Å². The van der Waals surface area contributed by atoms with Crippen molar-refractivity contribution in [2.45, 2.75) is 50.4 Å². The Balaban J connectivity index is 1.95. The zero-order valence-electron chi connectivity index (χ0n) is 19.4. The van der Waals surface area contributed by atoms with E-state index in [1.54, 1.807) is 6.08 Å². The lowest BCUT2D eigenvalue weighted by Crippen LogP contribution is -2.45. The topological polar surface area (TPSA) is 105 Å². The number of fused-ring (bicyclic) bond motifs is 1. The zero-order chi connectivity index (χ0) is 25.8. The molecule has 1 unspecified atom stereocenters. The molecule has 0 bridgehead atoms. The average molecular weight is 516 g/mol. The SMILES string of the molecule is CCCCNC(=O)C1=CCC2C(=C1)N(Cc1ccc(OC(F)(F)F)cc1)C(=O)[C@@H](NC)CS2(=O)=O. The molecule has 0 aromatic heterocycles. The number of alkyl halides is 3. The van der Waals surface area contributed by atoms with Gasteiger partial charge >= 0.3 is 6.36 Å². The molecule has 1 aromatic carbocycles. The minimum Gasteiger partial charge on any atom is -0.406 e. The van der Waals surface area contributed by atoms with Crippen molar-refractivity contribution in [3.05, 3.63) is 53.3 Å². The first-order valence-electron chi connectivity index (χ1n) is 11.2. The van der Waals surface area contributed by atoms with Crippen molar-refractivity contribution in [1.29, 1.82) is 0 Å². The van der Waals surface area contributed by atoms with Crippen LogP contribution in [0, 0.1) is 0 Å². The van der Waals surface area contributed by atoms with Crippen LogP contribution in [0.2, 0.25) is 0 Å². The Labute approximate surface area is 202 Å². The first kappa shape index (κ1) is 26.7. The third-order valence-electron chi connectivity index (χ3n) is 5.82. The van der Waals surface area contributed by atoms with E-state index in [2.05, 4.69) is 15.4 Å². The fourth-order valence-corrected chi connectivity index (χ4v) is 5.94. The number of ether oxygens (including phenoxy) is 1. The van der Waals surface area contributed by atoms with E-state index in [4.69, 9.17) is 0 Å². The Bertz CT molecular complexity index is 1110. The zero-order valence-corrected chi connectivity index (χ0v) is 20.2. The molecule has 3 rings (SSSR count). The number of amides is 2. The van der Waals surface area contributed by atoms with Crippen molar-refractivity contribution >= 4 is 21.7 Å². The van der Waals surface area contributed by atoms with Crippen molar-refractivity contribution in [2.24, 2.45) is 0 Å². The second kappa shape index (κ2) is 10.8. The number of carbonyl (C=O) groups excluding carboxylic acids is 2. The second-order valence-electron chi connectivity index (χ2n) is 8.35. The van der Waals surface area contributed by atoms with Gasteiger partial charge in [0.15, 0.2) is 9.84 Å². The van der Waals surface area contributed by atoms with E-state index >= 15 is 0 Å². The van der Waals surface area contributed by atoms with Gasteiger partial charge in [0.1, 0.15) is 17.0 Å². The third-order valence-corrected chi connectivity index (χ3v) is 7.92. The van der Waals surface area contributed by atoms with Gasteiger partial charge in [-0.05, 0) is 43.7 Å². The highest BCUT2D eigenvalue weighted by atomic mass is 32.2. The predicted octanol–water partition coefficient (Wildman–Crippen LogP) is 2.43. The van der Waals surface area contributed by atoms with E-state index in [1.807, 2.05) is 6.92 Å². The number of carbonyl (C=O) groups is 2. The number of sulfone groups is 1. The molecule has 1 aromatic rings. The van der Waals surface area contributed by atoms with E-state index in [9.17, 15) is 31.2 Å². The number of halogens is 3. The molecule has 1 saturated heterocycles. The fraction of sp³-hybridized carbons (Fsp3) is 0.478. The molecule has 2 N–H and O–H groups in total. The van der Waals surface area contributed by atoms with Crippen LogP contribution in [0.25, 0.3) is 0 Å². The molecule has 1 heterocycles. The summed E-state index contributed by atoms with van der Waals surface area (Å²) in [5.74, 6) is -1.70. The van der Waals surface area contributed by atoms with Crippen LogP contribution in [-0.4, -0.2) is 62.1 Å². The lowest BCUT2D eigenvalue weighted by molar-refractivity contribution is -0.274. The summed E-state index contributed by atoms with van der Waals surface area (Å²) in [4.78, 5) is 27.2. The third kappa shape index (κ3) is 6.63. The van der Waals surface area contributed by atoms with Crippen molar-refractivity contribution in [3.8, 4) is 5.75 Å². The van der Waals surface area contributed by atoms with Crippen LogP contribution in [-0.2, 0) is 26.0 Å². The molecule has 0 spiro atoms. The first-order chi connectivity index (χ1) is 16.4. The summed E-state index contributed by atoms with van der Waals surface area (Å²) < 4.78 is 67.5. The first-order valence-corrected chi connectivity index (χ1v) is 12.9. The fourth-order valence-electron chi connectivity index (χ4n) is 3.98. The van der Waals surface area contributed by atoms with E-state index in [0.717, 1.165) is 25.0 Å². The molecule has 1 fully saturated rings. The van der Waals surface area contributed by atoms with Gasteiger partial charge in [-0.25, -0.2) is 8.42 Å². The number of rotatable bonds is 8. The number of unbranched alkanes of at least 4 members (excludes halogenated alkanes) is 1. The Morgan fingerprint density at radius 2 is 1.91 bits per heavy atom. The molecule has 2 amide bonds. The minimum absolute atomic E-state index is 0.0310. The van der Waals surface area contributed by atoms with Crippen LogP contribution in [0.15, 0.2) is 47.7 Å². The molecule has 1 aliphatic heterocycles. The Kier molecular flexibility index (Phi) is 8.26. The quantitative estimate of drug-likeness (QED) is 0.516. The molecule has 0 radical (unpaired) electrons. The average Bonchev–Trinajstić information content (AvgIpc) is 2.87. The minimum atomic E-state index is -4.84. The molecule has 8 nitrogen and oxygen atoms in total. The number of nitrogens with zero attached hydrogens (tertiary/aromatic N) is 1. The summed E-state index contributed by atoms with van der Waals surface area (Å²) in [7, 11) is -2.27. The lowest BCUT2D eigenvalue weighted by atomic mass is 10.0. The molecule has 35 heavy (non-hydrogen) atoms. The Hall–Kier alpha value is -2.86. The summed E-state index contributed by atoms with van der Waals surface area (Å²) >= 11 is 0. The maximum atomic E-state index is 13.3. The van der Waals surface area contributed by atoms with Gasteiger partial charge in [0.2, 0.25) is 5.91 Å². The van der Waals surface area contributed by atoms with Gasteiger partial charge < -0.3 is 20.3 Å². The van der Waals surface area contributed by atoms with E-state index in [1.165, 1.54) is 30.2 Å². The summed E-state index contributed by atoms with van der Waals surface area (Å²) in [5.41, 5.74) is 0.897. The molecule has 2 aliphatic rings. The number of likely N-dealkylation sites (N-methyl/N-ethyl adjacent to an activating group) is 1. The lowest BCUT2D eigenvalue weighted by Gasteiger charge is -2.30. The number of nitrogens with one attached hydrogen (secondary N) is 2. The molecule has 0 saturated carbocycles. The van der Waals surface area contributed by atoms with Gasteiger partial charge in [0, 0.05) is 17.8 Å². The molecular weight excluding hydrogens is 487 g/mol. The van der Waals surface area contributed by atoms with Crippen LogP contribution in [0.4, 0.5) is 13.2 Å².